The first kappa shape index (κ1) is 19.2. The lowest BCUT2D eigenvalue weighted by atomic mass is 10.0. The maximum atomic E-state index is 12.2. The van der Waals surface area contributed by atoms with Crippen molar-refractivity contribution in [1.82, 2.24) is 14.7 Å². The van der Waals surface area contributed by atoms with E-state index >= 15 is 0 Å². The molecule has 0 bridgehead atoms. The van der Waals surface area contributed by atoms with Crippen LogP contribution in [0.2, 0.25) is 5.02 Å². The molecule has 1 fully saturated rings. The maximum Gasteiger partial charge on any atom is 0.410 e. The fourth-order valence-electron chi connectivity index (χ4n) is 3.15. The smallest absolute Gasteiger partial charge is 0.410 e. The highest BCUT2D eigenvalue weighted by Gasteiger charge is 2.27. The number of benzene rings is 1. The topological polar surface area (TPSA) is 71.2 Å². The zero-order valence-electron chi connectivity index (χ0n) is 15.8. The summed E-state index contributed by atoms with van der Waals surface area (Å²) in [4.78, 5) is 13.9. The molecule has 0 unspecified atom stereocenters. The maximum absolute atomic E-state index is 12.2. The van der Waals surface area contributed by atoms with E-state index in [1.807, 2.05) is 37.7 Å². The van der Waals surface area contributed by atoms with Crippen LogP contribution >= 0.6 is 11.6 Å². The van der Waals surface area contributed by atoms with E-state index in [0.29, 0.717) is 23.7 Å². The molecule has 1 amide bonds. The molecular formula is C20H23ClN4O2. The fraction of sp³-hybridized carbons (Fsp3) is 0.450. The van der Waals surface area contributed by atoms with Crippen molar-refractivity contribution in [3.8, 4) is 17.2 Å². The van der Waals surface area contributed by atoms with Crippen molar-refractivity contribution in [2.24, 2.45) is 0 Å². The molecule has 2 aromatic rings. The van der Waals surface area contributed by atoms with E-state index in [0.717, 1.165) is 24.0 Å². The first-order valence-electron chi connectivity index (χ1n) is 8.98. The van der Waals surface area contributed by atoms with Crippen molar-refractivity contribution < 1.29 is 9.53 Å². The van der Waals surface area contributed by atoms with Crippen LogP contribution in [-0.2, 0) is 4.74 Å². The fourth-order valence-corrected chi connectivity index (χ4v) is 3.38. The van der Waals surface area contributed by atoms with Gasteiger partial charge in [0.15, 0.2) is 0 Å². The molecule has 0 radical (unpaired) electrons. The lowest BCUT2D eigenvalue weighted by Crippen LogP contribution is -2.42. The lowest BCUT2D eigenvalue weighted by Gasteiger charge is -2.33. The Morgan fingerprint density at radius 2 is 1.96 bits per heavy atom. The third-order valence-corrected chi connectivity index (χ3v) is 4.67. The van der Waals surface area contributed by atoms with Crippen molar-refractivity contribution >= 4 is 17.7 Å². The number of nitriles is 1. The second kappa shape index (κ2) is 7.61. The highest BCUT2D eigenvalue weighted by atomic mass is 35.5. The first-order valence-corrected chi connectivity index (χ1v) is 9.36. The van der Waals surface area contributed by atoms with Crippen LogP contribution in [0.3, 0.4) is 0 Å². The number of likely N-dealkylation sites (tertiary alicyclic amines) is 1. The zero-order chi connectivity index (χ0) is 19.6. The number of carbonyl (C=O) groups is 1. The summed E-state index contributed by atoms with van der Waals surface area (Å²) in [6.45, 7) is 6.90. The molecule has 0 aliphatic carbocycles. The molecule has 1 aliphatic heterocycles. The van der Waals surface area contributed by atoms with Crippen molar-refractivity contribution in [2.75, 3.05) is 13.1 Å². The molecular weight excluding hydrogens is 364 g/mol. The summed E-state index contributed by atoms with van der Waals surface area (Å²) in [5, 5.41) is 14.1. The first-order chi connectivity index (χ1) is 12.7. The van der Waals surface area contributed by atoms with E-state index in [2.05, 4.69) is 11.2 Å². The number of piperidine rings is 1. The van der Waals surface area contributed by atoms with E-state index in [-0.39, 0.29) is 12.1 Å². The number of rotatable bonds is 2. The van der Waals surface area contributed by atoms with Gasteiger partial charge in [0, 0.05) is 29.9 Å². The van der Waals surface area contributed by atoms with Gasteiger partial charge in [0.2, 0.25) is 0 Å². The Labute approximate surface area is 164 Å². The predicted octanol–water partition coefficient (Wildman–Crippen LogP) is 4.65. The van der Waals surface area contributed by atoms with Gasteiger partial charge in [-0.1, -0.05) is 11.6 Å². The number of ether oxygens (including phenoxy) is 1. The molecule has 0 N–H and O–H groups in total. The van der Waals surface area contributed by atoms with Crippen LogP contribution in [0.5, 0.6) is 0 Å². The van der Waals surface area contributed by atoms with Crippen LogP contribution in [0.25, 0.3) is 11.1 Å². The third kappa shape index (κ3) is 4.81. The van der Waals surface area contributed by atoms with Crippen molar-refractivity contribution in [3.05, 3.63) is 41.2 Å². The summed E-state index contributed by atoms with van der Waals surface area (Å²) in [7, 11) is 0. The van der Waals surface area contributed by atoms with E-state index in [1.165, 1.54) is 0 Å². The molecule has 0 atom stereocenters. The summed E-state index contributed by atoms with van der Waals surface area (Å²) < 4.78 is 7.38. The van der Waals surface area contributed by atoms with Gasteiger partial charge in [-0.15, -0.1) is 0 Å². The minimum Gasteiger partial charge on any atom is -0.444 e. The summed E-state index contributed by atoms with van der Waals surface area (Å²) in [5.41, 5.74) is 1.83. The van der Waals surface area contributed by atoms with E-state index in [9.17, 15) is 4.79 Å². The Kier molecular flexibility index (Phi) is 5.43. The van der Waals surface area contributed by atoms with Crippen LogP contribution in [-0.4, -0.2) is 39.5 Å². The number of nitrogens with zero attached hydrogens (tertiary/aromatic N) is 4. The minimum atomic E-state index is -0.482. The lowest BCUT2D eigenvalue weighted by molar-refractivity contribution is 0.0185. The minimum absolute atomic E-state index is 0.229. The van der Waals surface area contributed by atoms with Gasteiger partial charge in [-0.2, -0.15) is 10.4 Å². The third-order valence-electron chi connectivity index (χ3n) is 4.45. The normalized spacial score (nSPS) is 15.4. The average Bonchev–Trinajstić information content (AvgIpc) is 3.10. The molecule has 6 nitrogen and oxygen atoms in total. The Morgan fingerprint density at radius 1 is 1.26 bits per heavy atom. The second-order valence-corrected chi connectivity index (χ2v) is 8.18. The van der Waals surface area contributed by atoms with Crippen LogP contribution in [0.1, 0.15) is 45.2 Å². The SMILES string of the molecule is CC(C)(C)OC(=O)N1CCC(n2cc(-c3cc(Cl)cc(C#N)c3)cn2)CC1. The van der Waals surface area contributed by atoms with Gasteiger partial charge in [-0.3, -0.25) is 4.68 Å². The Hall–Kier alpha value is -2.52. The zero-order valence-corrected chi connectivity index (χ0v) is 16.5. The molecule has 27 heavy (non-hydrogen) atoms. The van der Waals surface area contributed by atoms with Crippen LogP contribution < -0.4 is 0 Å². The van der Waals surface area contributed by atoms with Crippen molar-refractivity contribution in [1.29, 1.82) is 5.26 Å². The van der Waals surface area contributed by atoms with E-state index in [4.69, 9.17) is 21.6 Å². The van der Waals surface area contributed by atoms with Gasteiger partial charge in [0.1, 0.15) is 5.60 Å². The number of aromatic nitrogens is 2. The molecule has 1 aliphatic rings. The number of hydrogen-bond donors (Lipinski definition) is 0. The van der Waals surface area contributed by atoms with Crippen molar-refractivity contribution in [2.45, 2.75) is 45.3 Å². The molecule has 7 heteroatoms. The number of halogens is 1. The number of amides is 1. The van der Waals surface area contributed by atoms with Gasteiger partial charge < -0.3 is 9.64 Å². The molecule has 1 aromatic carbocycles. The largest absolute Gasteiger partial charge is 0.444 e. The van der Waals surface area contributed by atoms with Gasteiger partial charge in [-0.05, 0) is 57.4 Å². The summed E-state index contributed by atoms with van der Waals surface area (Å²) in [5.74, 6) is 0. The molecule has 3 rings (SSSR count). The number of hydrogen-bond acceptors (Lipinski definition) is 4. The summed E-state index contributed by atoms with van der Waals surface area (Å²) >= 11 is 6.10. The van der Waals surface area contributed by atoms with Gasteiger partial charge >= 0.3 is 6.09 Å². The highest BCUT2D eigenvalue weighted by Crippen LogP contribution is 2.28. The van der Waals surface area contributed by atoms with Crippen LogP contribution in [0.15, 0.2) is 30.6 Å². The molecule has 1 aromatic heterocycles. The Bertz CT molecular complexity index is 871. The van der Waals surface area contributed by atoms with E-state index in [1.54, 1.807) is 23.2 Å². The van der Waals surface area contributed by atoms with Crippen LogP contribution in [0.4, 0.5) is 4.79 Å². The van der Waals surface area contributed by atoms with Gasteiger partial charge in [0.25, 0.3) is 0 Å². The van der Waals surface area contributed by atoms with Gasteiger partial charge in [0.05, 0.1) is 23.9 Å². The van der Waals surface area contributed by atoms with E-state index < -0.39 is 5.60 Å². The van der Waals surface area contributed by atoms with Crippen molar-refractivity contribution in [3.63, 3.8) is 0 Å². The average molecular weight is 387 g/mol. The Morgan fingerprint density at radius 3 is 2.59 bits per heavy atom. The standard InChI is InChI=1S/C20H23ClN4O2/c1-20(2,3)27-19(26)24-6-4-18(5-7-24)25-13-16(12-23-25)15-8-14(11-22)9-17(21)10-15/h8-10,12-13,18H,4-7H2,1-3H3. The number of carbonyl (C=O) groups excluding carboxylic acids is 1. The Balaban J connectivity index is 1.66. The van der Waals surface area contributed by atoms with Crippen LogP contribution in [0, 0.1) is 11.3 Å². The summed E-state index contributed by atoms with van der Waals surface area (Å²) in [6.07, 6.45) is 5.14. The molecule has 0 saturated carbocycles. The van der Waals surface area contributed by atoms with Gasteiger partial charge in [-0.25, -0.2) is 4.79 Å². The predicted molar refractivity (Wildman–Crippen MR) is 103 cm³/mol. The molecule has 1 saturated heterocycles. The molecule has 142 valence electrons. The molecule has 0 spiro atoms. The monoisotopic (exact) mass is 386 g/mol. The highest BCUT2D eigenvalue weighted by molar-refractivity contribution is 6.31. The molecule has 2 heterocycles. The quantitative estimate of drug-likeness (QED) is 0.753. The summed E-state index contributed by atoms with van der Waals surface area (Å²) in [6, 6.07) is 7.62. The second-order valence-electron chi connectivity index (χ2n) is 7.75.